The summed E-state index contributed by atoms with van der Waals surface area (Å²) in [6.07, 6.45) is 7.70. The number of thiophene rings is 1. The maximum atomic E-state index is 12.7. The Balaban J connectivity index is 1.85. The number of fused-ring (bicyclic) bond motifs is 1. The molecule has 2 amide bonds. The first-order valence-corrected chi connectivity index (χ1v) is 9.78. The Labute approximate surface area is 150 Å². The molecule has 1 fully saturated rings. The molecule has 3 rings (SSSR count). The molecule has 7 heteroatoms. The van der Waals surface area contributed by atoms with Crippen molar-refractivity contribution in [2.45, 2.75) is 57.8 Å². The summed E-state index contributed by atoms with van der Waals surface area (Å²) < 4.78 is 0. The fraction of sp³-hybridized carbons (Fsp3) is 0.611. The number of anilines is 1. The van der Waals surface area contributed by atoms with Gasteiger partial charge >= 0.3 is 5.97 Å². The number of carbonyl (C=O) groups is 3. The number of carboxylic acids is 1. The number of nitrogens with two attached hydrogens (primary N) is 1. The van der Waals surface area contributed by atoms with Gasteiger partial charge in [-0.25, -0.2) is 0 Å². The van der Waals surface area contributed by atoms with E-state index in [9.17, 15) is 19.5 Å². The summed E-state index contributed by atoms with van der Waals surface area (Å²) in [5.74, 6) is -2.94. The van der Waals surface area contributed by atoms with E-state index in [1.807, 2.05) is 0 Å². The quantitative estimate of drug-likeness (QED) is 0.714. The first-order chi connectivity index (χ1) is 12.0. The smallest absolute Gasteiger partial charge is 0.307 e. The summed E-state index contributed by atoms with van der Waals surface area (Å²) >= 11 is 1.43. The number of nitrogens with one attached hydrogen (secondary N) is 1. The van der Waals surface area contributed by atoms with Crippen LogP contribution in [0.5, 0.6) is 0 Å². The van der Waals surface area contributed by atoms with Crippen LogP contribution in [0.15, 0.2) is 0 Å². The second kappa shape index (κ2) is 7.56. The molecule has 0 aliphatic heterocycles. The Bertz CT molecular complexity index is 697. The minimum absolute atomic E-state index is 0.300. The van der Waals surface area contributed by atoms with Gasteiger partial charge in [-0.15, -0.1) is 11.3 Å². The van der Waals surface area contributed by atoms with E-state index < -0.39 is 23.7 Å². The average Bonchev–Trinajstić information content (AvgIpc) is 2.76. The van der Waals surface area contributed by atoms with Crippen LogP contribution in [0.3, 0.4) is 0 Å². The molecule has 4 N–H and O–H groups in total. The summed E-state index contributed by atoms with van der Waals surface area (Å²) in [7, 11) is 0. The number of carbonyl (C=O) groups excluding carboxylic acids is 2. The molecular weight excluding hydrogens is 340 g/mol. The van der Waals surface area contributed by atoms with Crippen LogP contribution in [0.25, 0.3) is 0 Å². The highest BCUT2D eigenvalue weighted by Gasteiger charge is 2.36. The second-order valence-electron chi connectivity index (χ2n) is 6.96. The zero-order valence-electron chi connectivity index (χ0n) is 14.2. The molecule has 25 heavy (non-hydrogen) atoms. The third-order valence-corrected chi connectivity index (χ3v) is 6.53. The molecular formula is C18H24N2O4S. The minimum Gasteiger partial charge on any atom is -0.481 e. The van der Waals surface area contributed by atoms with E-state index in [0.717, 1.165) is 55.4 Å². The van der Waals surface area contributed by atoms with Gasteiger partial charge in [-0.3, -0.25) is 14.4 Å². The molecule has 0 unspecified atom stereocenters. The fourth-order valence-corrected chi connectivity index (χ4v) is 5.33. The molecule has 0 aromatic carbocycles. The Hall–Kier alpha value is -1.89. The number of hydrogen-bond acceptors (Lipinski definition) is 4. The predicted octanol–water partition coefficient (Wildman–Crippen LogP) is 2.95. The van der Waals surface area contributed by atoms with Crippen LogP contribution < -0.4 is 11.1 Å². The Morgan fingerprint density at radius 1 is 1.00 bits per heavy atom. The Morgan fingerprint density at radius 3 is 2.36 bits per heavy atom. The maximum absolute atomic E-state index is 12.7. The van der Waals surface area contributed by atoms with E-state index >= 15 is 0 Å². The lowest BCUT2D eigenvalue weighted by molar-refractivity contribution is -0.147. The number of aliphatic carboxylic acids is 1. The third kappa shape index (κ3) is 3.71. The lowest BCUT2D eigenvalue weighted by Crippen LogP contribution is -2.36. The van der Waals surface area contributed by atoms with Crippen molar-refractivity contribution >= 4 is 34.1 Å². The number of rotatable bonds is 4. The number of hydrogen-bond donors (Lipinski definition) is 3. The van der Waals surface area contributed by atoms with Gasteiger partial charge in [0.15, 0.2) is 0 Å². The Kier molecular flexibility index (Phi) is 5.42. The van der Waals surface area contributed by atoms with Crippen LogP contribution in [0.2, 0.25) is 0 Å². The van der Waals surface area contributed by atoms with Gasteiger partial charge in [-0.05, 0) is 44.1 Å². The van der Waals surface area contributed by atoms with Crippen LogP contribution in [0, 0.1) is 11.8 Å². The molecule has 0 spiro atoms. The minimum atomic E-state index is -0.920. The SMILES string of the molecule is NC(=O)c1c(NC(=O)[C@H]2CCCC[C@H]2C(=O)O)sc2c1CCCCC2. The van der Waals surface area contributed by atoms with Gasteiger partial charge in [0.2, 0.25) is 5.91 Å². The largest absolute Gasteiger partial charge is 0.481 e. The van der Waals surface area contributed by atoms with Gasteiger partial charge in [-0.2, -0.15) is 0 Å². The highest BCUT2D eigenvalue weighted by Crippen LogP contribution is 2.38. The standard InChI is InChI=1S/C18H24N2O4S/c19-15(21)14-12-8-2-1-3-9-13(12)25-17(14)20-16(22)10-6-4-5-7-11(10)18(23)24/h10-11H,1-9H2,(H2,19,21)(H,20,22)(H,23,24)/t10-,11+/m0/s1. The van der Waals surface area contributed by atoms with Crippen molar-refractivity contribution in [2.75, 3.05) is 5.32 Å². The lowest BCUT2D eigenvalue weighted by Gasteiger charge is -2.27. The number of carboxylic acid groups (broad SMARTS) is 1. The molecule has 1 saturated carbocycles. The first-order valence-electron chi connectivity index (χ1n) is 8.97. The van der Waals surface area contributed by atoms with Crippen molar-refractivity contribution in [3.05, 3.63) is 16.0 Å². The topological polar surface area (TPSA) is 109 Å². The number of aryl methyl sites for hydroxylation is 1. The van der Waals surface area contributed by atoms with Gasteiger partial charge in [0.25, 0.3) is 5.91 Å². The van der Waals surface area contributed by atoms with Crippen molar-refractivity contribution in [3.63, 3.8) is 0 Å². The molecule has 0 bridgehead atoms. The summed E-state index contributed by atoms with van der Waals surface area (Å²) in [5.41, 5.74) is 6.99. The Morgan fingerprint density at radius 2 is 1.68 bits per heavy atom. The molecule has 136 valence electrons. The average molecular weight is 364 g/mol. The van der Waals surface area contributed by atoms with E-state index in [1.165, 1.54) is 11.3 Å². The molecule has 6 nitrogen and oxygen atoms in total. The summed E-state index contributed by atoms with van der Waals surface area (Å²) in [4.78, 5) is 37.3. The van der Waals surface area contributed by atoms with Gasteiger partial charge < -0.3 is 16.2 Å². The molecule has 1 heterocycles. The molecule has 2 aliphatic carbocycles. The maximum Gasteiger partial charge on any atom is 0.307 e. The van der Waals surface area contributed by atoms with Crippen LogP contribution in [-0.2, 0) is 22.4 Å². The van der Waals surface area contributed by atoms with E-state index in [1.54, 1.807) is 0 Å². The van der Waals surface area contributed by atoms with E-state index in [4.69, 9.17) is 5.73 Å². The fourth-order valence-electron chi connectivity index (χ4n) is 4.04. The van der Waals surface area contributed by atoms with Crippen LogP contribution in [0.4, 0.5) is 5.00 Å². The first kappa shape index (κ1) is 17.9. The van der Waals surface area contributed by atoms with E-state index in [-0.39, 0.29) is 5.91 Å². The van der Waals surface area contributed by atoms with Crippen molar-refractivity contribution in [3.8, 4) is 0 Å². The van der Waals surface area contributed by atoms with Crippen LogP contribution >= 0.6 is 11.3 Å². The summed E-state index contributed by atoms with van der Waals surface area (Å²) in [5, 5.41) is 12.7. The molecule has 2 aliphatic rings. The zero-order chi connectivity index (χ0) is 18.0. The van der Waals surface area contributed by atoms with E-state index in [2.05, 4.69) is 5.32 Å². The summed E-state index contributed by atoms with van der Waals surface area (Å²) in [6, 6.07) is 0. The molecule has 1 aromatic rings. The lowest BCUT2D eigenvalue weighted by atomic mass is 9.79. The van der Waals surface area contributed by atoms with Crippen LogP contribution in [-0.4, -0.2) is 22.9 Å². The van der Waals surface area contributed by atoms with Crippen molar-refractivity contribution in [1.29, 1.82) is 0 Å². The molecule has 0 radical (unpaired) electrons. The normalized spacial score (nSPS) is 23.4. The van der Waals surface area contributed by atoms with Gasteiger partial charge in [0.05, 0.1) is 17.4 Å². The van der Waals surface area contributed by atoms with Crippen molar-refractivity contribution in [1.82, 2.24) is 0 Å². The highest BCUT2D eigenvalue weighted by atomic mass is 32.1. The number of amides is 2. The predicted molar refractivity (Wildman–Crippen MR) is 95.8 cm³/mol. The van der Waals surface area contributed by atoms with Crippen molar-refractivity contribution in [2.24, 2.45) is 17.6 Å². The monoisotopic (exact) mass is 364 g/mol. The zero-order valence-corrected chi connectivity index (χ0v) is 15.0. The highest BCUT2D eigenvalue weighted by molar-refractivity contribution is 7.17. The van der Waals surface area contributed by atoms with Gasteiger partial charge in [-0.1, -0.05) is 19.3 Å². The summed E-state index contributed by atoms with van der Waals surface area (Å²) in [6.45, 7) is 0. The molecule has 1 aromatic heterocycles. The van der Waals surface area contributed by atoms with Crippen LogP contribution in [0.1, 0.15) is 65.7 Å². The van der Waals surface area contributed by atoms with Crippen molar-refractivity contribution < 1.29 is 19.5 Å². The molecule has 2 atom stereocenters. The second-order valence-corrected chi connectivity index (χ2v) is 8.06. The third-order valence-electron chi connectivity index (χ3n) is 5.32. The molecule has 0 saturated heterocycles. The van der Waals surface area contributed by atoms with Gasteiger partial charge in [0, 0.05) is 4.88 Å². The van der Waals surface area contributed by atoms with Gasteiger partial charge in [0.1, 0.15) is 5.00 Å². The van der Waals surface area contributed by atoms with E-state index in [0.29, 0.717) is 23.4 Å². The number of primary amides is 1.